The average Bonchev–Trinajstić information content (AvgIpc) is 2.80. The standard InChI is InChI=1S/C25H25FN2O4S/c26-22-9-11-23(12-10-22)33(31,32)28-15-13-27(14-16-28)25(20-6-2-1-3-7-20)21-8-4-5-19(17-21)18-24(29)30/h1-12,17,25H,13-16,18H2,(H,29,30). The molecule has 0 aliphatic carbocycles. The van der Waals surface area contributed by atoms with Crippen LogP contribution in [-0.2, 0) is 21.2 Å². The van der Waals surface area contributed by atoms with E-state index in [1.807, 2.05) is 48.5 Å². The van der Waals surface area contributed by atoms with Gasteiger partial charge in [0.25, 0.3) is 0 Å². The molecule has 0 spiro atoms. The van der Waals surface area contributed by atoms with Crippen LogP contribution in [-0.4, -0.2) is 54.9 Å². The van der Waals surface area contributed by atoms with Crippen LogP contribution in [0.2, 0.25) is 0 Å². The Hall–Kier alpha value is -3.07. The summed E-state index contributed by atoms with van der Waals surface area (Å²) < 4.78 is 40.6. The van der Waals surface area contributed by atoms with E-state index in [1.54, 1.807) is 6.07 Å². The number of rotatable bonds is 7. The van der Waals surface area contributed by atoms with Crippen molar-refractivity contribution >= 4 is 16.0 Å². The quantitative estimate of drug-likeness (QED) is 0.574. The molecule has 8 heteroatoms. The zero-order chi connectivity index (χ0) is 23.4. The molecule has 6 nitrogen and oxygen atoms in total. The molecular weight excluding hydrogens is 443 g/mol. The van der Waals surface area contributed by atoms with Crippen LogP contribution in [0, 0.1) is 5.82 Å². The van der Waals surface area contributed by atoms with Crippen LogP contribution in [0.15, 0.2) is 83.8 Å². The number of carboxylic acid groups (broad SMARTS) is 1. The second kappa shape index (κ2) is 9.82. The third-order valence-corrected chi connectivity index (χ3v) is 7.74. The zero-order valence-corrected chi connectivity index (χ0v) is 18.8. The van der Waals surface area contributed by atoms with E-state index in [9.17, 15) is 22.7 Å². The van der Waals surface area contributed by atoms with E-state index in [1.165, 1.54) is 16.4 Å². The maximum Gasteiger partial charge on any atom is 0.307 e. The van der Waals surface area contributed by atoms with Gasteiger partial charge in [0, 0.05) is 26.2 Å². The lowest BCUT2D eigenvalue weighted by Gasteiger charge is -2.39. The Morgan fingerprint density at radius 1 is 0.879 bits per heavy atom. The van der Waals surface area contributed by atoms with Crippen molar-refractivity contribution in [1.82, 2.24) is 9.21 Å². The summed E-state index contributed by atoms with van der Waals surface area (Å²) in [6.45, 7) is 1.61. The molecule has 0 radical (unpaired) electrons. The summed E-state index contributed by atoms with van der Waals surface area (Å²) in [7, 11) is -3.70. The third-order valence-electron chi connectivity index (χ3n) is 5.83. The van der Waals surface area contributed by atoms with E-state index in [2.05, 4.69) is 4.90 Å². The number of aliphatic carboxylic acids is 1. The molecule has 0 saturated carbocycles. The largest absolute Gasteiger partial charge is 0.481 e. The summed E-state index contributed by atoms with van der Waals surface area (Å²) in [5, 5.41) is 9.18. The van der Waals surface area contributed by atoms with Crippen LogP contribution >= 0.6 is 0 Å². The van der Waals surface area contributed by atoms with Gasteiger partial charge in [0.1, 0.15) is 5.82 Å². The van der Waals surface area contributed by atoms with Gasteiger partial charge in [-0.1, -0.05) is 54.6 Å². The first-order valence-electron chi connectivity index (χ1n) is 10.7. The summed E-state index contributed by atoms with van der Waals surface area (Å²) in [5.74, 6) is -1.36. The lowest BCUT2D eigenvalue weighted by molar-refractivity contribution is -0.136. The molecule has 172 valence electrons. The molecule has 3 aromatic rings. The highest BCUT2D eigenvalue weighted by Gasteiger charge is 2.32. The van der Waals surface area contributed by atoms with E-state index in [4.69, 9.17) is 0 Å². The van der Waals surface area contributed by atoms with Crippen molar-refractivity contribution in [2.75, 3.05) is 26.2 Å². The van der Waals surface area contributed by atoms with Gasteiger partial charge in [-0.15, -0.1) is 0 Å². The molecule has 0 bridgehead atoms. The van der Waals surface area contributed by atoms with Crippen LogP contribution in [0.1, 0.15) is 22.7 Å². The lowest BCUT2D eigenvalue weighted by Crippen LogP contribution is -2.49. The Labute approximate surface area is 192 Å². The molecule has 1 aliphatic rings. The Balaban J connectivity index is 1.58. The van der Waals surface area contributed by atoms with E-state index in [-0.39, 0.29) is 17.4 Å². The molecule has 1 fully saturated rings. The van der Waals surface area contributed by atoms with Gasteiger partial charge in [0.05, 0.1) is 17.4 Å². The molecule has 1 unspecified atom stereocenters. The van der Waals surface area contributed by atoms with Gasteiger partial charge in [0.15, 0.2) is 0 Å². The predicted octanol–water partition coefficient (Wildman–Crippen LogP) is 3.55. The summed E-state index contributed by atoms with van der Waals surface area (Å²) in [6, 6.07) is 22.2. The fourth-order valence-electron chi connectivity index (χ4n) is 4.25. The second-order valence-electron chi connectivity index (χ2n) is 8.02. The van der Waals surface area contributed by atoms with Crippen LogP contribution in [0.5, 0.6) is 0 Å². The zero-order valence-electron chi connectivity index (χ0n) is 18.0. The smallest absolute Gasteiger partial charge is 0.307 e. The van der Waals surface area contributed by atoms with E-state index in [0.29, 0.717) is 26.2 Å². The van der Waals surface area contributed by atoms with Crippen molar-refractivity contribution in [1.29, 1.82) is 0 Å². The molecule has 0 amide bonds. The number of piperazine rings is 1. The number of carbonyl (C=O) groups is 1. The predicted molar refractivity (Wildman–Crippen MR) is 123 cm³/mol. The minimum absolute atomic E-state index is 0.0565. The van der Waals surface area contributed by atoms with Crippen molar-refractivity contribution in [3.05, 3.63) is 101 Å². The molecule has 1 N–H and O–H groups in total. The fraction of sp³-hybridized carbons (Fsp3) is 0.240. The number of benzene rings is 3. The molecule has 3 aromatic carbocycles. The minimum atomic E-state index is -3.70. The summed E-state index contributed by atoms with van der Waals surface area (Å²) in [6.07, 6.45) is -0.0565. The van der Waals surface area contributed by atoms with E-state index < -0.39 is 21.8 Å². The molecule has 33 heavy (non-hydrogen) atoms. The van der Waals surface area contributed by atoms with Crippen molar-refractivity contribution in [3.8, 4) is 0 Å². The highest BCUT2D eigenvalue weighted by molar-refractivity contribution is 7.89. The molecule has 1 atom stereocenters. The van der Waals surface area contributed by atoms with Gasteiger partial charge in [-0.3, -0.25) is 9.69 Å². The first-order valence-corrected chi connectivity index (χ1v) is 12.1. The van der Waals surface area contributed by atoms with Gasteiger partial charge in [-0.2, -0.15) is 4.31 Å². The summed E-state index contributed by atoms with van der Waals surface area (Å²) in [4.78, 5) is 13.5. The maximum atomic E-state index is 13.2. The van der Waals surface area contributed by atoms with Crippen LogP contribution < -0.4 is 0 Å². The van der Waals surface area contributed by atoms with E-state index in [0.717, 1.165) is 28.8 Å². The number of hydrogen-bond acceptors (Lipinski definition) is 4. The van der Waals surface area contributed by atoms with Crippen molar-refractivity contribution in [2.45, 2.75) is 17.4 Å². The van der Waals surface area contributed by atoms with Gasteiger partial charge in [-0.25, -0.2) is 12.8 Å². The Morgan fingerprint density at radius 3 is 2.15 bits per heavy atom. The van der Waals surface area contributed by atoms with Gasteiger partial charge in [-0.05, 0) is 41.0 Å². The van der Waals surface area contributed by atoms with Crippen LogP contribution in [0.25, 0.3) is 0 Å². The molecule has 1 saturated heterocycles. The highest BCUT2D eigenvalue weighted by atomic mass is 32.2. The Kier molecular flexibility index (Phi) is 6.88. The fourth-order valence-corrected chi connectivity index (χ4v) is 5.68. The van der Waals surface area contributed by atoms with E-state index >= 15 is 0 Å². The van der Waals surface area contributed by atoms with Crippen LogP contribution in [0.4, 0.5) is 4.39 Å². The first kappa shape index (κ1) is 23.1. The number of sulfonamides is 1. The average molecular weight is 469 g/mol. The molecule has 4 rings (SSSR count). The summed E-state index contributed by atoms with van der Waals surface area (Å²) >= 11 is 0. The topological polar surface area (TPSA) is 77.9 Å². The first-order chi connectivity index (χ1) is 15.8. The van der Waals surface area contributed by atoms with Crippen molar-refractivity contribution < 1.29 is 22.7 Å². The van der Waals surface area contributed by atoms with Gasteiger partial charge < -0.3 is 5.11 Å². The maximum absolute atomic E-state index is 13.2. The van der Waals surface area contributed by atoms with Crippen LogP contribution in [0.3, 0.4) is 0 Å². The van der Waals surface area contributed by atoms with Gasteiger partial charge >= 0.3 is 5.97 Å². The molecular formula is C25H25FN2O4S. The Morgan fingerprint density at radius 2 is 1.52 bits per heavy atom. The molecule has 0 aromatic heterocycles. The number of hydrogen-bond donors (Lipinski definition) is 1. The minimum Gasteiger partial charge on any atom is -0.481 e. The SMILES string of the molecule is O=C(O)Cc1cccc(C(c2ccccc2)N2CCN(S(=O)(=O)c3ccc(F)cc3)CC2)c1. The molecule has 1 heterocycles. The third kappa shape index (κ3) is 5.30. The number of nitrogens with zero attached hydrogens (tertiary/aromatic N) is 2. The lowest BCUT2D eigenvalue weighted by atomic mass is 9.94. The monoisotopic (exact) mass is 468 g/mol. The normalized spacial score (nSPS) is 16.4. The second-order valence-corrected chi connectivity index (χ2v) is 9.96. The Bertz CT molecular complexity index is 1210. The molecule has 1 aliphatic heterocycles. The highest BCUT2D eigenvalue weighted by Crippen LogP contribution is 2.31. The number of carboxylic acids is 1. The van der Waals surface area contributed by atoms with Crippen molar-refractivity contribution in [3.63, 3.8) is 0 Å². The number of halogens is 1. The van der Waals surface area contributed by atoms with Gasteiger partial charge in [0.2, 0.25) is 10.0 Å². The van der Waals surface area contributed by atoms with Crippen molar-refractivity contribution in [2.24, 2.45) is 0 Å². The summed E-state index contributed by atoms with van der Waals surface area (Å²) in [5.41, 5.74) is 2.74.